The molecule has 6 heteroatoms. The molecule has 1 aromatic heterocycles. The van der Waals surface area contributed by atoms with E-state index in [1.807, 2.05) is 4.90 Å². The minimum Gasteiger partial charge on any atom is -0.381 e. The Labute approximate surface area is 141 Å². The molecule has 0 aliphatic carbocycles. The average molecular weight is 333 g/mol. The zero-order chi connectivity index (χ0) is 16.6. The third kappa shape index (κ3) is 2.66. The predicted octanol–water partition coefficient (Wildman–Crippen LogP) is 2.22. The number of halogens is 1. The van der Waals surface area contributed by atoms with E-state index in [2.05, 4.69) is 9.88 Å². The number of ether oxygens (including phenoxy) is 1. The zero-order valence-electron chi connectivity index (χ0n) is 13.9. The largest absolute Gasteiger partial charge is 0.381 e. The van der Waals surface area contributed by atoms with Gasteiger partial charge < -0.3 is 14.5 Å². The van der Waals surface area contributed by atoms with Crippen LogP contribution >= 0.6 is 0 Å². The number of nitrogens with zero attached hydrogens (tertiary/aromatic N) is 3. The van der Waals surface area contributed by atoms with Crippen LogP contribution in [-0.2, 0) is 9.53 Å². The van der Waals surface area contributed by atoms with Gasteiger partial charge in [0.2, 0.25) is 5.91 Å². The normalized spacial score (nSPS) is 28.8. The Kier molecular flexibility index (Phi) is 4.16. The van der Waals surface area contributed by atoms with Crippen molar-refractivity contribution in [2.75, 3.05) is 37.7 Å². The van der Waals surface area contributed by atoms with E-state index in [4.69, 9.17) is 4.74 Å². The molecule has 3 saturated heterocycles. The van der Waals surface area contributed by atoms with Crippen molar-refractivity contribution in [2.45, 2.75) is 38.1 Å². The molecule has 3 aliphatic heterocycles. The first-order valence-corrected chi connectivity index (χ1v) is 8.93. The fraction of sp³-hybridized carbons (Fsp3) is 0.667. The highest BCUT2D eigenvalue weighted by Crippen LogP contribution is 2.43. The van der Waals surface area contributed by atoms with E-state index in [9.17, 15) is 9.18 Å². The molecule has 24 heavy (non-hydrogen) atoms. The number of amides is 1. The molecule has 0 bridgehead atoms. The number of aromatic nitrogens is 1. The summed E-state index contributed by atoms with van der Waals surface area (Å²) in [6.07, 6.45) is 7.49. The van der Waals surface area contributed by atoms with Crippen LogP contribution in [0, 0.1) is 11.2 Å². The maximum Gasteiger partial charge on any atom is 0.230 e. The third-order valence-corrected chi connectivity index (χ3v) is 5.85. The van der Waals surface area contributed by atoms with Gasteiger partial charge in [0, 0.05) is 45.1 Å². The van der Waals surface area contributed by atoms with Crippen molar-refractivity contribution in [3.8, 4) is 0 Å². The monoisotopic (exact) mass is 333 g/mol. The highest BCUT2D eigenvalue weighted by atomic mass is 19.1. The number of hydrogen-bond acceptors (Lipinski definition) is 4. The van der Waals surface area contributed by atoms with E-state index in [1.54, 1.807) is 12.3 Å². The van der Waals surface area contributed by atoms with Gasteiger partial charge in [0.1, 0.15) is 0 Å². The van der Waals surface area contributed by atoms with Gasteiger partial charge >= 0.3 is 0 Å². The Morgan fingerprint density at radius 3 is 2.88 bits per heavy atom. The second kappa shape index (κ2) is 6.31. The molecule has 4 rings (SSSR count). The smallest absolute Gasteiger partial charge is 0.230 e. The van der Waals surface area contributed by atoms with Gasteiger partial charge in [-0.1, -0.05) is 0 Å². The Morgan fingerprint density at radius 2 is 2.08 bits per heavy atom. The molecule has 5 nitrogen and oxygen atoms in total. The van der Waals surface area contributed by atoms with E-state index in [-0.39, 0.29) is 17.1 Å². The number of hydrogen-bond donors (Lipinski definition) is 0. The Hall–Kier alpha value is -1.69. The lowest BCUT2D eigenvalue weighted by Gasteiger charge is -2.44. The summed E-state index contributed by atoms with van der Waals surface area (Å²) < 4.78 is 19.5. The van der Waals surface area contributed by atoms with Crippen LogP contribution in [0.1, 0.15) is 32.1 Å². The lowest BCUT2D eigenvalue weighted by atomic mass is 9.77. The summed E-state index contributed by atoms with van der Waals surface area (Å²) in [6.45, 7) is 3.70. The molecule has 1 spiro atoms. The lowest BCUT2D eigenvalue weighted by molar-refractivity contribution is -0.149. The second-order valence-corrected chi connectivity index (χ2v) is 7.22. The van der Waals surface area contributed by atoms with Crippen LogP contribution in [0.2, 0.25) is 0 Å². The van der Waals surface area contributed by atoms with Crippen molar-refractivity contribution in [1.29, 1.82) is 0 Å². The fourth-order valence-electron chi connectivity index (χ4n) is 4.53. The number of anilines is 1. The first kappa shape index (κ1) is 15.8. The maximum atomic E-state index is 14.0. The molecule has 1 atom stereocenters. The summed E-state index contributed by atoms with van der Waals surface area (Å²) in [5, 5.41) is 0. The maximum absolute atomic E-state index is 14.0. The van der Waals surface area contributed by atoms with Gasteiger partial charge in [-0.15, -0.1) is 0 Å². The standard InChI is InChI=1S/C18H24FN3O2/c19-15-12-20-7-2-16(15)21-9-6-18(13-21)5-1-8-22(17(18)23)14-3-10-24-11-4-14/h2,7,12,14H,1,3-6,8-11,13H2. The summed E-state index contributed by atoms with van der Waals surface area (Å²) in [5.41, 5.74) is 0.226. The number of pyridine rings is 1. The third-order valence-electron chi connectivity index (χ3n) is 5.85. The van der Waals surface area contributed by atoms with Crippen LogP contribution in [0.15, 0.2) is 18.5 Å². The van der Waals surface area contributed by atoms with Gasteiger partial charge in [0.15, 0.2) is 5.82 Å². The van der Waals surface area contributed by atoms with Crippen molar-refractivity contribution in [3.05, 3.63) is 24.3 Å². The SMILES string of the molecule is O=C1N(C2CCOCC2)CCCC12CCN(c1ccncc1F)C2. The molecule has 0 radical (unpaired) electrons. The summed E-state index contributed by atoms with van der Waals surface area (Å²) in [4.78, 5) is 21.2. The fourth-order valence-corrected chi connectivity index (χ4v) is 4.53. The van der Waals surface area contributed by atoms with E-state index in [0.717, 1.165) is 58.4 Å². The molecule has 4 heterocycles. The number of piperidine rings is 1. The summed E-state index contributed by atoms with van der Waals surface area (Å²) in [6, 6.07) is 2.02. The predicted molar refractivity (Wildman–Crippen MR) is 88.2 cm³/mol. The Morgan fingerprint density at radius 1 is 1.25 bits per heavy atom. The van der Waals surface area contributed by atoms with E-state index in [0.29, 0.717) is 18.3 Å². The van der Waals surface area contributed by atoms with E-state index in [1.165, 1.54) is 6.20 Å². The minimum atomic E-state index is -0.341. The van der Waals surface area contributed by atoms with Gasteiger partial charge in [-0.2, -0.15) is 0 Å². The molecule has 3 aliphatic rings. The molecular weight excluding hydrogens is 309 g/mol. The molecule has 1 unspecified atom stereocenters. The number of carbonyl (C=O) groups excluding carboxylic acids is 1. The van der Waals surface area contributed by atoms with Crippen molar-refractivity contribution in [3.63, 3.8) is 0 Å². The van der Waals surface area contributed by atoms with Crippen LogP contribution in [-0.4, -0.2) is 54.7 Å². The van der Waals surface area contributed by atoms with Crippen LogP contribution in [0.4, 0.5) is 10.1 Å². The average Bonchev–Trinajstić information content (AvgIpc) is 3.04. The van der Waals surface area contributed by atoms with Gasteiger partial charge in [-0.25, -0.2) is 4.39 Å². The van der Waals surface area contributed by atoms with Crippen LogP contribution < -0.4 is 4.90 Å². The first-order valence-electron chi connectivity index (χ1n) is 8.93. The number of rotatable bonds is 2. The highest BCUT2D eigenvalue weighted by Gasteiger charge is 2.50. The molecule has 1 aromatic rings. The van der Waals surface area contributed by atoms with Gasteiger partial charge in [-0.05, 0) is 38.2 Å². The lowest BCUT2D eigenvalue weighted by Crippen LogP contribution is -2.54. The number of likely N-dealkylation sites (tertiary alicyclic amines) is 1. The van der Waals surface area contributed by atoms with E-state index < -0.39 is 0 Å². The van der Waals surface area contributed by atoms with Crippen molar-refractivity contribution in [2.24, 2.45) is 5.41 Å². The molecule has 0 aromatic carbocycles. The highest BCUT2D eigenvalue weighted by molar-refractivity contribution is 5.85. The van der Waals surface area contributed by atoms with Gasteiger partial charge in [0.25, 0.3) is 0 Å². The van der Waals surface area contributed by atoms with Crippen molar-refractivity contribution < 1.29 is 13.9 Å². The van der Waals surface area contributed by atoms with Crippen molar-refractivity contribution >= 4 is 11.6 Å². The summed E-state index contributed by atoms with van der Waals surface area (Å²) >= 11 is 0. The van der Waals surface area contributed by atoms with Crippen molar-refractivity contribution in [1.82, 2.24) is 9.88 Å². The zero-order valence-corrected chi connectivity index (χ0v) is 13.9. The molecule has 3 fully saturated rings. The molecular formula is C18H24FN3O2. The first-order chi connectivity index (χ1) is 11.7. The van der Waals surface area contributed by atoms with Gasteiger partial charge in [0.05, 0.1) is 17.3 Å². The molecule has 0 N–H and O–H groups in total. The Balaban J connectivity index is 1.52. The summed E-state index contributed by atoms with van der Waals surface area (Å²) in [7, 11) is 0. The Bertz CT molecular complexity index is 620. The second-order valence-electron chi connectivity index (χ2n) is 7.22. The topological polar surface area (TPSA) is 45.7 Å². The molecule has 0 saturated carbocycles. The molecule has 130 valence electrons. The van der Waals surface area contributed by atoms with Crippen LogP contribution in [0.5, 0.6) is 0 Å². The summed E-state index contributed by atoms with van der Waals surface area (Å²) in [5.74, 6) is -0.0308. The number of carbonyl (C=O) groups is 1. The van der Waals surface area contributed by atoms with Crippen LogP contribution in [0.25, 0.3) is 0 Å². The quantitative estimate of drug-likeness (QED) is 0.832. The minimum absolute atomic E-state index is 0.276. The van der Waals surface area contributed by atoms with Crippen LogP contribution in [0.3, 0.4) is 0 Å². The van der Waals surface area contributed by atoms with E-state index >= 15 is 0 Å². The molecule has 1 amide bonds. The van der Waals surface area contributed by atoms with Gasteiger partial charge in [-0.3, -0.25) is 9.78 Å².